The zero-order chi connectivity index (χ0) is 84.2. The van der Waals surface area contributed by atoms with E-state index in [0.717, 1.165) is 17.8 Å². The largest absolute Gasteiger partial charge is 0.0885 e. The number of hydrogen-bond donors (Lipinski definition) is 0. The van der Waals surface area contributed by atoms with Gasteiger partial charge in [-0.3, -0.25) is 0 Å². The number of unbranched alkanes of at least 4 members (excludes halogenated alkanes) is 46. The molecule has 8 atom stereocenters. The Kier molecular flexibility index (Phi) is 85.3. The molecule has 0 aromatic carbocycles. The number of allylic oxidation sites excluding steroid dienone is 10. The molecule has 0 amide bonds. The van der Waals surface area contributed by atoms with Crippen LogP contribution in [0.3, 0.4) is 0 Å². The van der Waals surface area contributed by atoms with Crippen molar-refractivity contribution >= 4 is 0 Å². The highest BCUT2D eigenvalue weighted by molar-refractivity contribution is 5.36. The van der Waals surface area contributed by atoms with Crippen LogP contribution in [0.15, 0.2) is 60.3 Å². The van der Waals surface area contributed by atoms with E-state index >= 15 is 0 Å². The molecule has 0 spiro atoms. The summed E-state index contributed by atoms with van der Waals surface area (Å²) >= 11 is 0. The lowest BCUT2D eigenvalue weighted by molar-refractivity contribution is -0.0966. The van der Waals surface area contributed by atoms with Gasteiger partial charge in [-0.15, -0.1) is 0 Å². The Labute approximate surface area is 731 Å². The SMILES string of the molecule is CCCCCCCC=C(CC(CCC)CCCCC)C(C=CCCCCCCCCCCC)(CC(CCC)CCCCC)C(CC=CCCCCCCCCCC)(CC(CCC)CCCCC)C(CCC=CCCCCCCCCC)(CC(CCC)CCCCC)[C](CCCC=CCCCCCCCC)CC(CCC)CCCCC. The number of rotatable bonds is 94. The summed E-state index contributed by atoms with van der Waals surface area (Å²) in [6.45, 7) is 37.7. The van der Waals surface area contributed by atoms with Gasteiger partial charge in [-0.25, -0.2) is 0 Å². The monoisotopic (exact) mass is 1600 g/mol. The zero-order valence-corrected chi connectivity index (χ0v) is 82.9. The summed E-state index contributed by atoms with van der Waals surface area (Å²) in [6, 6.07) is 0. The zero-order valence-electron chi connectivity index (χ0n) is 82.9. The van der Waals surface area contributed by atoms with Crippen LogP contribution in [-0.2, 0) is 0 Å². The first kappa shape index (κ1) is 114. The molecule has 0 fully saturated rings. The van der Waals surface area contributed by atoms with Crippen LogP contribution in [0.1, 0.15) is 624 Å². The van der Waals surface area contributed by atoms with Crippen molar-refractivity contribution < 1.29 is 0 Å². The van der Waals surface area contributed by atoms with Crippen LogP contribution in [-0.4, -0.2) is 0 Å². The van der Waals surface area contributed by atoms with Crippen molar-refractivity contribution in [1.29, 1.82) is 0 Å². The Bertz CT molecular complexity index is 2060. The van der Waals surface area contributed by atoms with Gasteiger partial charge in [0.05, 0.1) is 0 Å². The second kappa shape index (κ2) is 86.2. The quantitative estimate of drug-likeness (QED) is 0.0421. The molecular formula is C115H221. The molecule has 0 heterocycles. The van der Waals surface area contributed by atoms with Crippen molar-refractivity contribution in [2.45, 2.75) is 624 Å². The minimum absolute atomic E-state index is 0.0200. The van der Waals surface area contributed by atoms with Crippen molar-refractivity contribution in [3.63, 3.8) is 0 Å². The molecule has 0 nitrogen and oxygen atoms in total. The van der Waals surface area contributed by atoms with Crippen molar-refractivity contribution in [3.05, 3.63) is 66.2 Å². The third kappa shape index (κ3) is 57.7. The molecule has 0 saturated heterocycles. The van der Waals surface area contributed by atoms with Crippen molar-refractivity contribution in [1.82, 2.24) is 0 Å². The summed E-state index contributed by atoms with van der Waals surface area (Å²) in [5, 5.41) is 0. The topological polar surface area (TPSA) is 0 Å². The first-order valence-electron chi connectivity index (χ1n) is 54.7. The fraction of sp³-hybridized carbons (Fsp3) is 0.904. The fourth-order valence-corrected chi connectivity index (χ4v) is 21.9. The lowest BCUT2D eigenvalue weighted by Gasteiger charge is -2.66. The summed E-state index contributed by atoms with van der Waals surface area (Å²) in [5.41, 5.74) is 1.91. The first-order valence-corrected chi connectivity index (χ1v) is 54.7. The molecule has 115 heavy (non-hydrogen) atoms. The molecule has 0 aromatic heterocycles. The van der Waals surface area contributed by atoms with Crippen molar-refractivity contribution in [3.8, 4) is 0 Å². The summed E-state index contributed by atoms with van der Waals surface area (Å²) in [4.78, 5) is 0. The summed E-state index contributed by atoms with van der Waals surface area (Å²) in [7, 11) is 0. The molecule has 0 aliphatic carbocycles. The van der Waals surface area contributed by atoms with E-state index in [1.165, 1.54) is 520 Å². The van der Waals surface area contributed by atoms with Crippen LogP contribution in [0.25, 0.3) is 0 Å². The van der Waals surface area contributed by atoms with Gasteiger partial charge >= 0.3 is 0 Å². The molecule has 0 N–H and O–H groups in total. The van der Waals surface area contributed by atoms with Crippen LogP contribution in [0.5, 0.6) is 0 Å². The Hall–Kier alpha value is -1.30. The molecule has 0 saturated carbocycles. The molecular weight excluding hydrogens is 1380 g/mol. The molecule has 0 aliphatic rings. The average Bonchev–Trinajstić information content (AvgIpc) is 0.696. The van der Waals surface area contributed by atoms with Gasteiger partial charge in [-0.1, -0.05) is 549 Å². The van der Waals surface area contributed by atoms with Gasteiger partial charge in [-0.05, 0) is 181 Å². The Balaban J connectivity index is 11.5. The minimum atomic E-state index is -0.107. The van der Waals surface area contributed by atoms with Crippen molar-refractivity contribution in [2.75, 3.05) is 0 Å². The Morgan fingerprint density at radius 3 is 0.870 bits per heavy atom. The number of hydrogen-bond acceptors (Lipinski definition) is 0. The van der Waals surface area contributed by atoms with E-state index in [4.69, 9.17) is 0 Å². The van der Waals surface area contributed by atoms with Gasteiger partial charge in [0.1, 0.15) is 0 Å². The van der Waals surface area contributed by atoms with Crippen LogP contribution < -0.4 is 0 Å². The van der Waals surface area contributed by atoms with Crippen LogP contribution in [0.4, 0.5) is 0 Å². The van der Waals surface area contributed by atoms with Gasteiger partial charge in [0, 0.05) is 5.41 Å². The molecule has 8 unspecified atom stereocenters. The highest BCUT2D eigenvalue weighted by Gasteiger charge is 2.65. The van der Waals surface area contributed by atoms with Gasteiger partial charge < -0.3 is 0 Å². The smallest absolute Gasteiger partial charge is 0.0158 e. The standard InChI is InChI=1S/C115H221/c1-16-31-41-46-51-55-59-63-67-72-82-97-112(102-107(87-27-12)92-77-37-22-7)114(104-109(89-29-14)94-79-39-24-9,99-84-74-69-65-61-57-53-48-43-33-18-3)115(105-110(90-30-15)95-80-40-25-10,100-85-75-70-66-62-58-54-49-44-34-19-4)113(103-108(88-28-13)93-78-38-23-8,98-83-73-68-64-60-56-52-47-42-32-17-2)111(96-81-71-50-45-35-20-5)101-106(86-26-11)91-76-36-21-6/h63,67,69,74-75,83,85,96,98,106-110H,16-62,64-66,68,70-73,76-82,84,86-95,97,99-105H2,1-15H3. The van der Waals surface area contributed by atoms with Crippen LogP contribution >= 0.6 is 0 Å². The Morgan fingerprint density at radius 2 is 0.496 bits per heavy atom. The highest BCUT2D eigenvalue weighted by Crippen LogP contribution is 2.73. The van der Waals surface area contributed by atoms with E-state index in [1.807, 2.05) is 5.57 Å². The minimum Gasteiger partial charge on any atom is -0.0885 e. The lowest BCUT2D eigenvalue weighted by atomic mass is 9.37. The van der Waals surface area contributed by atoms with Crippen LogP contribution in [0.2, 0.25) is 0 Å². The molecule has 0 rings (SSSR count). The highest BCUT2D eigenvalue weighted by atomic mass is 14.7. The van der Waals surface area contributed by atoms with E-state index in [0.29, 0.717) is 11.8 Å². The second-order valence-corrected chi connectivity index (χ2v) is 39.2. The van der Waals surface area contributed by atoms with Crippen LogP contribution in [0, 0.1) is 51.8 Å². The maximum Gasteiger partial charge on any atom is 0.0158 e. The third-order valence-electron chi connectivity index (χ3n) is 28.6. The van der Waals surface area contributed by atoms with E-state index in [2.05, 4.69) is 164 Å². The molecule has 0 heteroatoms. The third-order valence-corrected chi connectivity index (χ3v) is 28.6. The molecule has 0 aliphatic heterocycles. The fourth-order valence-electron chi connectivity index (χ4n) is 21.9. The van der Waals surface area contributed by atoms with Gasteiger partial charge in [0.15, 0.2) is 0 Å². The average molecular weight is 1600 g/mol. The molecule has 0 aromatic rings. The van der Waals surface area contributed by atoms with E-state index in [-0.39, 0.29) is 16.2 Å². The predicted molar refractivity (Wildman–Crippen MR) is 532 cm³/mol. The predicted octanol–water partition coefficient (Wildman–Crippen LogP) is 42.6. The summed E-state index contributed by atoms with van der Waals surface area (Å²) in [6.07, 6.45) is 138. The maximum absolute atomic E-state index is 3.35. The van der Waals surface area contributed by atoms with Crippen molar-refractivity contribution in [2.24, 2.45) is 45.8 Å². The molecule has 1 radical (unpaired) electrons. The van der Waals surface area contributed by atoms with E-state index in [1.54, 1.807) is 0 Å². The maximum atomic E-state index is 3.35. The summed E-state index contributed by atoms with van der Waals surface area (Å²) < 4.78 is 0. The summed E-state index contributed by atoms with van der Waals surface area (Å²) in [5.74, 6) is 5.78. The first-order chi connectivity index (χ1) is 56.6. The Morgan fingerprint density at radius 1 is 0.217 bits per heavy atom. The molecule has 681 valence electrons. The normalized spacial score (nSPS) is 15.5. The van der Waals surface area contributed by atoms with Gasteiger partial charge in [0.25, 0.3) is 0 Å². The molecule has 0 bridgehead atoms. The van der Waals surface area contributed by atoms with E-state index < -0.39 is 0 Å². The van der Waals surface area contributed by atoms with Gasteiger partial charge in [-0.2, -0.15) is 0 Å². The van der Waals surface area contributed by atoms with E-state index in [9.17, 15) is 0 Å². The second-order valence-electron chi connectivity index (χ2n) is 39.2. The van der Waals surface area contributed by atoms with Gasteiger partial charge in [0.2, 0.25) is 0 Å². The lowest BCUT2D eigenvalue weighted by Crippen LogP contribution is -2.59.